The third kappa shape index (κ3) is 3.77. The van der Waals surface area contributed by atoms with Crippen molar-refractivity contribution in [3.63, 3.8) is 0 Å². The molecule has 3 aromatic heterocycles. The van der Waals surface area contributed by atoms with Gasteiger partial charge in [-0.1, -0.05) is 35.6 Å². The van der Waals surface area contributed by atoms with Crippen molar-refractivity contribution in [2.75, 3.05) is 11.9 Å². The van der Waals surface area contributed by atoms with Gasteiger partial charge in [0.15, 0.2) is 5.13 Å². The number of hydrogen-bond donors (Lipinski definition) is 1. The van der Waals surface area contributed by atoms with E-state index in [2.05, 4.69) is 15.4 Å². The molecule has 0 saturated carbocycles. The minimum Gasteiger partial charge on any atom is -0.333 e. The summed E-state index contributed by atoms with van der Waals surface area (Å²) in [7, 11) is 0. The Morgan fingerprint density at radius 1 is 1.13 bits per heavy atom. The van der Waals surface area contributed by atoms with Crippen molar-refractivity contribution in [1.29, 1.82) is 0 Å². The zero-order valence-electron chi connectivity index (χ0n) is 16.7. The van der Waals surface area contributed by atoms with Gasteiger partial charge < -0.3 is 4.90 Å². The highest BCUT2D eigenvalue weighted by molar-refractivity contribution is 7.16. The number of aromatic nitrogens is 3. The number of carbonyl (C=O) groups excluding carboxylic acids is 2. The van der Waals surface area contributed by atoms with Gasteiger partial charge in [0.1, 0.15) is 0 Å². The molecule has 0 bridgehead atoms. The minimum atomic E-state index is -0.155. The Morgan fingerprint density at radius 2 is 1.97 bits per heavy atom. The summed E-state index contributed by atoms with van der Waals surface area (Å²) < 4.78 is 1.79. The lowest BCUT2D eigenvalue weighted by molar-refractivity contribution is 0.0735. The molecule has 1 aromatic carbocycles. The van der Waals surface area contributed by atoms with Crippen molar-refractivity contribution >= 4 is 39.6 Å². The molecule has 0 radical (unpaired) electrons. The number of anilines is 1. The van der Waals surface area contributed by atoms with E-state index >= 15 is 0 Å². The second kappa shape index (κ2) is 8.09. The van der Waals surface area contributed by atoms with Crippen LogP contribution in [-0.2, 0) is 13.0 Å². The van der Waals surface area contributed by atoms with Crippen LogP contribution in [0.2, 0.25) is 0 Å². The van der Waals surface area contributed by atoms with Gasteiger partial charge in [-0.05, 0) is 30.5 Å². The maximum absolute atomic E-state index is 13.2. The zero-order valence-corrected chi connectivity index (χ0v) is 18.4. The van der Waals surface area contributed by atoms with Crippen LogP contribution in [0.4, 0.5) is 5.13 Å². The number of para-hydroxylation sites is 1. The van der Waals surface area contributed by atoms with Crippen molar-refractivity contribution in [1.82, 2.24) is 19.7 Å². The van der Waals surface area contributed by atoms with E-state index in [1.54, 1.807) is 16.9 Å². The largest absolute Gasteiger partial charge is 0.333 e. The summed E-state index contributed by atoms with van der Waals surface area (Å²) in [4.78, 5) is 33.5. The van der Waals surface area contributed by atoms with Gasteiger partial charge in [0.2, 0.25) is 0 Å². The Morgan fingerprint density at radius 3 is 2.74 bits per heavy atom. The molecule has 4 aromatic rings. The van der Waals surface area contributed by atoms with Crippen molar-refractivity contribution < 1.29 is 9.59 Å². The molecule has 0 atom stereocenters. The molecule has 0 aliphatic carbocycles. The molecule has 0 saturated heterocycles. The van der Waals surface area contributed by atoms with Gasteiger partial charge in [-0.15, -0.1) is 11.3 Å². The van der Waals surface area contributed by atoms with Gasteiger partial charge in [-0.2, -0.15) is 5.10 Å². The van der Waals surface area contributed by atoms with E-state index in [-0.39, 0.29) is 11.8 Å². The number of hydrogen-bond acceptors (Lipinski definition) is 6. The quantitative estimate of drug-likeness (QED) is 0.508. The molecule has 0 unspecified atom stereocenters. The van der Waals surface area contributed by atoms with Gasteiger partial charge in [-0.25, -0.2) is 9.67 Å². The smallest absolute Gasteiger partial charge is 0.267 e. The van der Waals surface area contributed by atoms with Crippen molar-refractivity contribution in [2.24, 2.45) is 0 Å². The Balaban J connectivity index is 1.32. The fraction of sp³-hybridized carbons (Fsp3) is 0.182. The van der Waals surface area contributed by atoms with Crippen LogP contribution in [0, 0.1) is 6.92 Å². The molecule has 7 nitrogen and oxygen atoms in total. The first-order valence-corrected chi connectivity index (χ1v) is 11.5. The van der Waals surface area contributed by atoms with Crippen LogP contribution >= 0.6 is 22.7 Å². The predicted molar refractivity (Wildman–Crippen MR) is 121 cm³/mol. The summed E-state index contributed by atoms with van der Waals surface area (Å²) in [5.41, 5.74) is 3.29. The molecule has 0 spiro atoms. The summed E-state index contributed by atoms with van der Waals surface area (Å²) >= 11 is 2.82. The monoisotopic (exact) mass is 449 g/mol. The third-order valence-corrected chi connectivity index (χ3v) is 7.09. The van der Waals surface area contributed by atoms with Gasteiger partial charge in [0.05, 0.1) is 40.3 Å². The second-order valence-corrected chi connectivity index (χ2v) is 9.22. The maximum Gasteiger partial charge on any atom is 0.267 e. The summed E-state index contributed by atoms with van der Waals surface area (Å²) in [5, 5.41) is 9.73. The number of carbonyl (C=O) groups is 2. The zero-order chi connectivity index (χ0) is 21.4. The van der Waals surface area contributed by atoms with Crippen LogP contribution in [0.3, 0.4) is 0 Å². The third-order valence-electron chi connectivity index (χ3n) is 5.22. The number of thiazole rings is 1. The molecule has 1 aliphatic heterocycles. The first-order chi connectivity index (χ1) is 15.1. The standard InChI is InChI=1S/C22H19N5O2S2/c1-14-16(12-23-27(14)15-6-3-2-4-7-15)21(29)26-10-9-17-19(13-26)31-22(24-17)25-20(28)18-8-5-11-30-18/h2-8,11-12H,9-10,13H2,1H3,(H,24,25,28). The highest BCUT2D eigenvalue weighted by Gasteiger charge is 2.27. The lowest BCUT2D eigenvalue weighted by Crippen LogP contribution is -2.35. The number of benzene rings is 1. The van der Waals surface area contributed by atoms with E-state index in [9.17, 15) is 9.59 Å². The SMILES string of the molecule is Cc1c(C(=O)N2CCc3nc(NC(=O)c4cccs4)sc3C2)cnn1-c1ccccc1. The van der Waals surface area contributed by atoms with Crippen LogP contribution in [0.25, 0.3) is 5.69 Å². The molecule has 1 aliphatic rings. The number of thiophene rings is 1. The topological polar surface area (TPSA) is 80.1 Å². The molecule has 1 N–H and O–H groups in total. The Bertz CT molecular complexity index is 1240. The van der Waals surface area contributed by atoms with Crippen LogP contribution < -0.4 is 5.32 Å². The van der Waals surface area contributed by atoms with E-state index in [1.165, 1.54) is 22.7 Å². The van der Waals surface area contributed by atoms with Gasteiger partial charge >= 0.3 is 0 Å². The number of nitrogens with zero attached hydrogens (tertiary/aromatic N) is 4. The predicted octanol–water partition coefficient (Wildman–Crippen LogP) is 4.15. The lowest BCUT2D eigenvalue weighted by atomic mass is 10.1. The van der Waals surface area contributed by atoms with E-state index in [0.29, 0.717) is 35.1 Å². The molecule has 0 fully saturated rings. The summed E-state index contributed by atoms with van der Waals surface area (Å²) in [5.74, 6) is -0.194. The van der Waals surface area contributed by atoms with E-state index in [1.807, 2.05) is 53.6 Å². The summed E-state index contributed by atoms with van der Waals surface area (Å²) in [6.07, 6.45) is 2.30. The van der Waals surface area contributed by atoms with E-state index in [0.717, 1.165) is 22.0 Å². The minimum absolute atomic E-state index is 0.0390. The summed E-state index contributed by atoms with van der Waals surface area (Å²) in [6, 6.07) is 13.4. The fourth-order valence-electron chi connectivity index (χ4n) is 3.61. The molecular weight excluding hydrogens is 430 g/mol. The van der Waals surface area contributed by atoms with E-state index in [4.69, 9.17) is 0 Å². The number of fused-ring (bicyclic) bond motifs is 1. The van der Waals surface area contributed by atoms with Crippen molar-refractivity contribution in [2.45, 2.75) is 19.9 Å². The van der Waals surface area contributed by atoms with Crippen LogP contribution in [0.1, 0.15) is 36.3 Å². The van der Waals surface area contributed by atoms with Crippen LogP contribution in [-0.4, -0.2) is 38.0 Å². The van der Waals surface area contributed by atoms with Gasteiger partial charge in [0.25, 0.3) is 11.8 Å². The first-order valence-electron chi connectivity index (χ1n) is 9.83. The maximum atomic E-state index is 13.2. The van der Waals surface area contributed by atoms with Crippen LogP contribution in [0.15, 0.2) is 54.0 Å². The normalized spacial score (nSPS) is 13.1. The van der Waals surface area contributed by atoms with Crippen molar-refractivity contribution in [3.05, 3.63) is 80.7 Å². The first kappa shape index (κ1) is 19.7. The molecule has 2 amide bonds. The Hall–Kier alpha value is -3.30. The Labute approximate surface area is 187 Å². The molecular formula is C22H19N5O2S2. The molecule has 31 heavy (non-hydrogen) atoms. The van der Waals surface area contributed by atoms with Gasteiger partial charge in [0, 0.05) is 17.8 Å². The van der Waals surface area contributed by atoms with Crippen LogP contribution in [0.5, 0.6) is 0 Å². The average molecular weight is 450 g/mol. The lowest BCUT2D eigenvalue weighted by Gasteiger charge is -2.26. The van der Waals surface area contributed by atoms with E-state index < -0.39 is 0 Å². The number of amides is 2. The Kier molecular flexibility index (Phi) is 5.13. The average Bonchev–Trinajstić information content (AvgIpc) is 3.53. The number of nitrogens with one attached hydrogen (secondary N) is 1. The highest BCUT2D eigenvalue weighted by Crippen LogP contribution is 2.30. The van der Waals surface area contributed by atoms with Gasteiger partial charge in [-0.3, -0.25) is 14.9 Å². The molecule has 9 heteroatoms. The highest BCUT2D eigenvalue weighted by atomic mass is 32.1. The second-order valence-electron chi connectivity index (χ2n) is 7.19. The number of rotatable bonds is 4. The molecule has 4 heterocycles. The fourth-order valence-corrected chi connectivity index (χ4v) is 5.25. The summed E-state index contributed by atoms with van der Waals surface area (Å²) in [6.45, 7) is 2.98. The molecule has 156 valence electrons. The van der Waals surface area contributed by atoms with Crippen molar-refractivity contribution in [3.8, 4) is 5.69 Å². The molecule has 5 rings (SSSR count).